The van der Waals surface area contributed by atoms with Gasteiger partial charge in [0.15, 0.2) is 0 Å². The van der Waals surface area contributed by atoms with Gasteiger partial charge >= 0.3 is 0 Å². The lowest BCUT2D eigenvalue weighted by atomic mass is 9.86. The lowest BCUT2D eigenvalue weighted by molar-refractivity contribution is 0.264. The summed E-state index contributed by atoms with van der Waals surface area (Å²) in [6.45, 7) is 10.2. The average Bonchev–Trinajstić information content (AvgIpc) is 2.61. The lowest BCUT2D eigenvalue weighted by Crippen LogP contribution is -2.52. The van der Waals surface area contributed by atoms with E-state index >= 15 is 0 Å². The maximum atomic E-state index is 3.83. The maximum absolute atomic E-state index is 3.83. The summed E-state index contributed by atoms with van der Waals surface area (Å²) in [7, 11) is 0. The summed E-state index contributed by atoms with van der Waals surface area (Å²) in [5.41, 5.74) is 0. The van der Waals surface area contributed by atoms with Gasteiger partial charge < -0.3 is 21.3 Å². The first-order chi connectivity index (χ1) is 11.8. The Labute approximate surface area is 150 Å². The SMILES string of the molecule is CCCNCCN[C@@H]1CCCC[C@H]1NCCN[C@@H]1CCCCC1C. The molecule has 0 saturated heterocycles. The second kappa shape index (κ2) is 12.2. The van der Waals surface area contributed by atoms with Gasteiger partial charge in [0, 0.05) is 44.3 Å². The van der Waals surface area contributed by atoms with E-state index in [1.54, 1.807) is 0 Å². The highest BCUT2D eigenvalue weighted by Gasteiger charge is 2.24. The van der Waals surface area contributed by atoms with Gasteiger partial charge in [-0.1, -0.05) is 39.5 Å². The fourth-order valence-electron chi connectivity index (χ4n) is 4.40. The smallest absolute Gasteiger partial charge is 0.0221 e. The van der Waals surface area contributed by atoms with Gasteiger partial charge in [-0.25, -0.2) is 0 Å². The normalized spacial score (nSPS) is 31.2. The molecule has 1 unspecified atom stereocenters. The third-order valence-corrected chi connectivity index (χ3v) is 5.95. The minimum atomic E-state index is 0.663. The molecule has 0 bridgehead atoms. The quantitative estimate of drug-likeness (QED) is 0.438. The number of hydrogen-bond donors (Lipinski definition) is 4. The van der Waals surface area contributed by atoms with Crippen LogP contribution in [0.3, 0.4) is 0 Å². The topological polar surface area (TPSA) is 48.1 Å². The first kappa shape index (κ1) is 20.2. The summed E-state index contributed by atoms with van der Waals surface area (Å²) in [5.74, 6) is 0.860. The molecule has 4 N–H and O–H groups in total. The molecule has 2 rings (SSSR count). The van der Waals surface area contributed by atoms with Crippen molar-refractivity contribution < 1.29 is 0 Å². The fraction of sp³-hybridized carbons (Fsp3) is 1.00. The van der Waals surface area contributed by atoms with Gasteiger partial charge in [0.05, 0.1) is 0 Å². The Kier molecular flexibility index (Phi) is 10.3. The van der Waals surface area contributed by atoms with Crippen LogP contribution in [0.1, 0.15) is 71.6 Å². The van der Waals surface area contributed by atoms with E-state index in [4.69, 9.17) is 0 Å². The molecule has 0 heterocycles. The minimum absolute atomic E-state index is 0.663. The van der Waals surface area contributed by atoms with Crippen molar-refractivity contribution in [2.75, 3.05) is 32.7 Å². The highest BCUT2D eigenvalue weighted by Crippen LogP contribution is 2.23. The Morgan fingerprint density at radius 2 is 1.12 bits per heavy atom. The third-order valence-electron chi connectivity index (χ3n) is 5.95. The molecule has 4 nitrogen and oxygen atoms in total. The Bertz CT molecular complexity index is 310. The van der Waals surface area contributed by atoms with E-state index in [1.807, 2.05) is 0 Å². The predicted octanol–water partition coefficient (Wildman–Crippen LogP) is 2.64. The highest BCUT2D eigenvalue weighted by atomic mass is 15.1. The van der Waals surface area contributed by atoms with Crippen LogP contribution in [0.2, 0.25) is 0 Å². The van der Waals surface area contributed by atoms with Gasteiger partial charge in [0.1, 0.15) is 0 Å². The van der Waals surface area contributed by atoms with E-state index < -0.39 is 0 Å². The van der Waals surface area contributed by atoms with Crippen LogP contribution in [0.5, 0.6) is 0 Å². The van der Waals surface area contributed by atoms with Gasteiger partial charge in [0.25, 0.3) is 0 Å². The summed E-state index contributed by atoms with van der Waals surface area (Å²) in [6.07, 6.45) is 12.3. The Balaban J connectivity index is 1.58. The first-order valence-corrected chi connectivity index (χ1v) is 10.7. The van der Waals surface area contributed by atoms with E-state index in [-0.39, 0.29) is 0 Å². The zero-order valence-electron chi connectivity index (χ0n) is 16.2. The molecule has 0 radical (unpaired) electrons. The van der Waals surface area contributed by atoms with Crippen molar-refractivity contribution in [3.63, 3.8) is 0 Å². The highest BCUT2D eigenvalue weighted by molar-refractivity contribution is 4.87. The standard InChI is InChI=1S/C20H42N4/c1-3-12-21-13-14-23-19-10-6-7-11-20(19)24-16-15-22-18-9-5-4-8-17(18)2/h17-24H,3-16H2,1-2H3/t17?,18-,19-,20-/m1/s1. The van der Waals surface area contributed by atoms with Crippen LogP contribution in [-0.4, -0.2) is 50.8 Å². The van der Waals surface area contributed by atoms with Crippen LogP contribution in [0.25, 0.3) is 0 Å². The molecular formula is C20H42N4. The van der Waals surface area contributed by atoms with Crippen molar-refractivity contribution in [2.45, 2.75) is 89.8 Å². The molecule has 0 aromatic heterocycles. The molecule has 2 aliphatic carbocycles. The zero-order chi connectivity index (χ0) is 17.0. The summed E-state index contributed by atoms with van der Waals surface area (Å²) < 4.78 is 0. The van der Waals surface area contributed by atoms with Crippen LogP contribution >= 0.6 is 0 Å². The van der Waals surface area contributed by atoms with E-state index in [2.05, 4.69) is 35.1 Å². The second-order valence-corrected chi connectivity index (χ2v) is 7.98. The van der Waals surface area contributed by atoms with Crippen molar-refractivity contribution >= 4 is 0 Å². The van der Waals surface area contributed by atoms with Crippen LogP contribution in [0.15, 0.2) is 0 Å². The van der Waals surface area contributed by atoms with Gasteiger partial charge in [0.2, 0.25) is 0 Å². The van der Waals surface area contributed by atoms with Crippen molar-refractivity contribution in [3.8, 4) is 0 Å². The van der Waals surface area contributed by atoms with E-state index in [0.29, 0.717) is 12.1 Å². The second-order valence-electron chi connectivity index (χ2n) is 7.98. The summed E-state index contributed by atoms with van der Waals surface area (Å²) in [5, 5.41) is 14.9. The Morgan fingerprint density at radius 1 is 0.625 bits per heavy atom. The number of rotatable bonds is 11. The maximum Gasteiger partial charge on any atom is 0.0221 e. The van der Waals surface area contributed by atoms with Crippen LogP contribution in [0.4, 0.5) is 0 Å². The molecule has 2 aliphatic rings. The molecule has 0 amide bonds. The van der Waals surface area contributed by atoms with Crippen molar-refractivity contribution in [1.29, 1.82) is 0 Å². The first-order valence-electron chi connectivity index (χ1n) is 10.7. The molecule has 24 heavy (non-hydrogen) atoms. The van der Waals surface area contributed by atoms with Gasteiger partial charge in [-0.05, 0) is 44.6 Å². The lowest BCUT2D eigenvalue weighted by Gasteiger charge is -2.34. The molecular weight excluding hydrogens is 296 g/mol. The van der Waals surface area contributed by atoms with Crippen molar-refractivity contribution in [2.24, 2.45) is 5.92 Å². The summed E-state index contributed by atoms with van der Waals surface area (Å²) >= 11 is 0. The average molecular weight is 339 g/mol. The minimum Gasteiger partial charge on any atom is -0.315 e. The van der Waals surface area contributed by atoms with E-state index in [9.17, 15) is 0 Å². The van der Waals surface area contributed by atoms with Crippen molar-refractivity contribution in [3.05, 3.63) is 0 Å². The summed E-state index contributed by atoms with van der Waals surface area (Å²) in [4.78, 5) is 0. The Hall–Kier alpha value is -0.160. The fourth-order valence-corrected chi connectivity index (χ4v) is 4.40. The van der Waals surface area contributed by atoms with E-state index in [0.717, 1.165) is 44.7 Å². The van der Waals surface area contributed by atoms with Gasteiger partial charge in [-0.15, -0.1) is 0 Å². The molecule has 0 aromatic rings. The van der Waals surface area contributed by atoms with E-state index in [1.165, 1.54) is 57.8 Å². The van der Waals surface area contributed by atoms with Crippen molar-refractivity contribution in [1.82, 2.24) is 21.3 Å². The molecule has 4 atom stereocenters. The van der Waals surface area contributed by atoms with Crippen LogP contribution in [-0.2, 0) is 0 Å². The predicted molar refractivity (Wildman–Crippen MR) is 105 cm³/mol. The molecule has 0 spiro atoms. The number of hydrogen-bond acceptors (Lipinski definition) is 4. The van der Waals surface area contributed by atoms with Gasteiger partial charge in [-0.2, -0.15) is 0 Å². The Morgan fingerprint density at radius 3 is 1.71 bits per heavy atom. The molecule has 2 fully saturated rings. The largest absolute Gasteiger partial charge is 0.315 e. The molecule has 0 aromatic carbocycles. The third kappa shape index (κ3) is 7.38. The molecule has 2 saturated carbocycles. The number of nitrogens with one attached hydrogen (secondary N) is 4. The molecule has 142 valence electrons. The monoisotopic (exact) mass is 338 g/mol. The molecule has 0 aliphatic heterocycles. The zero-order valence-corrected chi connectivity index (χ0v) is 16.2. The van der Waals surface area contributed by atoms with Gasteiger partial charge in [-0.3, -0.25) is 0 Å². The van der Waals surface area contributed by atoms with Crippen LogP contribution in [0, 0.1) is 5.92 Å². The molecule has 4 heteroatoms. The van der Waals surface area contributed by atoms with Crippen LogP contribution < -0.4 is 21.3 Å². The summed E-state index contributed by atoms with van der Waals surface area (Å²) in [6, 6.07) is 2.08.